The summed E-state index contributed by atoms with van der Waals surface area (Å²) in [6, 6.07) is 6.68. The molecule has 1 aromatic rings. The van der Waals surface area contributed by atoms with Crippen molar-refractivity contribution in [1.29, 1.82) is 0 Å². The first-order chi connectivity index (χ1) is 8.35. The molecule has 1 aliphatic carbocycles. The second-order valence-corrected chi connectivity index (χ2v) is 4.80. The van der Waals surface area contributed by atoms with E-state index in [4.69, 9.17) is 0 Å². The molecule has 1 aliphatic rings. The highest BCUT2D eigenvalue weighted by atomic mass is 14.2. The van der Waals surface area contributed by atoms with Crippen molar-refractivity contribution >= 4 is 12.2 Å². The maximum atomic E-state index is 2.38. The van der Waals surface area contributed by atoms with E-state index < -0.39 is 0 Å². The van der Waals surface area contributed by atoms with Crippen molar-refractivity contribution in [3.8, 4) is 0 Å². The molecule has 0 saturated heterocycles. The van der Waals surface area contributed by atoms with Gasteiger partial charge in [-0.2, -0.15) is 0 Å². The summed E-state index contributed by atoms with van der Waals surface area (Å²) in [6.45, 7) is 4.48. The zero-order chi connectivity index (χ0) is 12.1. The molecule has 0 unspecified atom stereocenters. The number of rotatable bonds is 5. The summed E-state index contributed by atoms with van der Waals surface area (Å²) in [4.78, 5) is 0. The van der Waals surface area contributed by atoms with Crippen LogP contribution in [0.1, 0.15) is 56.2 Å². The van der Waals surface area contributed by atoms with Gasteiger partial charge in [-0.1, -0.05) is 68.7 Å². The van der Waals surface area contributed by atoms with Gasteiger partial charge in [-0.05, 0) is 36.0 Å². The molecule has 0 aliphatic heterocycles. The summed E-state index contributed by atoms with van der Waals surface area (Å²) in [5.74, 6) is 0. The quantitative estimate of drug-likeness (QED) is 0.602. The first-order valence-corrected chi connectivity index (χ1v) is 6.83. The van der Waals surface area contributed by atoms with Gasteiger partial charge in [0.15, 0.2) is 0 Å². The Morgan fingerprint density at radius 2 is 2.12 bits per heavy atom. The number of hydrogen-bond acceptors (Lipinski definition) is 0. The van der Waals surface area contributed by atoms with Gasteiger partial charge in [0.2, 0.25) is 0 Å². The molecule has 90 valence electrons. The fourth-order valence-electron chi connectivity index (χ4n) is 2.37. The lowest BCUT2D eigenvalue weighted by Gasteiger charge is -2.02. The Labute approximate surface area is 105 Å². The average molecular weight is 226 g/mol. The Hall–Kier alpha value is -1.30. The smallest absolute Gasteiger partial charge is 0.00577 e. The number of hydrogen-bond donors (Lipinski definition) is 0. The van der Waals surface area contributed by atoms with Gasteiger partial charge in [-0.15, -0.1) is 0 Å². The molecule has 0 heterocycles. The molecule has 0 atom stereocenters. The van der Waals surface area contributed by atoms with Gasteiger partial charge in [-0.3, -0.25) is 0 Å². The first-order valence-electron chi connectivity index (χ1n) is 6.83. The van der Waals surface area contributed by atoms with Gasteiger partial charge in [0.25, 0.3) is 0 Å². The summed E-state index contributed by atoms with van der Waals surface area (Å²) in [6.07, 6.45) is 13.1. The Kier molecular flexibility index (Phi) is 4.19. The van der Waals surface area contributed by atoms with Crippen LogP contribution in [0.4, 0.5) is 0 Å². The maximum absolute atomic E-state index is 2.38. The van der Waals surface area contributed by atoms with E-state index in [1.165, 1.54) is 42.4 Å². The van der Waals surface area contributed by atoms with Gasteiger partial charge in [0.05, 0.1) is 0 Å². The van der Waals surface area contributed by atoms with Gasteiger partial charge in [-0.25, -0.2) is 0 Å². The van der Waals surface area contributed by atoms with E-state index in [9.17, 15) is 0 Å². The molecule has 0 aromatic heterocycles. The standard InChI is InChI=1S/C17H22/c1-3-5-6-7-9-15-10-8-11-16-12-14(4-2)13-17(15)16/h7-11,13H,3-6,12H2,1-2H3. The van der Waals surface area contributed by atoms with Gasteiger partial charge in [0.1, 0.15) is 0 Å². The van der Waals surface area contributed by atoms with E-state index in [-0.39, 0.29) is 0 Å². The largest absolute Gasteiger partial charge is 0.0839 e. The summed E-state index contributed by atoms with van der Waals surface area (Å²) >= 11 is 0. The Bertz CT molecular complexity index is 435. The number of fused-ring (bicyclic) bond motifs is 1. The molecule has 0 fully saturated rings. The monoisotopic (exact) mass is 226 g/mol. The fraction of sp³-hybridized carbons (Fsp3) is 0.412. The molecule has 0 radical (unpaired) electrons. The summed E-state index contributed by atoms with van der Waals surface area (Å²) in [5, 5.41) is 0. The molecule has 2 rings (SSSR count). The predicted molar refractivity (Wildman–Crippen MR) is 77.0 cm³/mol. The third-order valence-corrected chi connectivity index (χ3v) is 3.47. The first kappa shape index (κ1) is 12.2. The third-order valence-electron chi connectivity index (χ3n) is 3.47. The Balaban J connectivity index is 2.16. The predicted octanol–water partition coefficient (Wildman–Crippen LogP) is 5.24. The highest BCUT2D eigenvalue weighted by molar-refractivity contribution is 5.73. The average Bonchev–Trinajstić information content (AvgIpc) is 2.78. The van der Waals surface area contributed by atoms with Crippen LogP contribution in [0.25, 0.3) is 12.2 Å². The fourth-order valence-corrected chi connectivity index (χ4v) is 2.37. The van der Waals surface area contributed by atoms with E-state index in [0.29, 0.717) is 0 Å². The van der Waals surface area contributed by atoms with Crippen molar-refractivity contribution in [1.82, 2.24) is 0 Å². The minimum absolute atomic E-state index is 1.16. The Morgan fingerprint density at radius 3 is 2.88 bits per heavy atom. The lowest BCUT2D eigenvalue weighted by Crippen LogP contribution is -1.85. The molecule has 0 bridgehead atoms. The number of unbranched alkanes of at least 4 members (excludes halogenated alkanes) is 2. The summed E-state index contributed by atoms with van der Waals surface area (Å²) in [7, 11) is 0. The molecular weight excluding hydrogens is 204 g/mol. The van der Waals surface area contributed by atoms with Crippen molar-refractivity contribution in [2.45, 2.75) is 46.0 Å². The molecule has 0 N–H and O–H groups in total. The van der Waals surface area contributed by atoms with Crippen LogP contribution in [0, 0.1) is 0 Å². The minimum atomic E-state index is 1.16. The molecule has 17 heavy (non-hydrogen) atoms. The zero-order valence-corrected chi connectivity index (χ0v) is 11.0. The van der Waals surface area contributed by atoms with E-state index in [1.54, 1.807) is 5.57 Å². The highest BCUT2D eigenvalue weighted by Crippen LogP contribution is 2.30. The lowest BCUT2D eigenvalue weighted by molar-refractivity contribution is 0.816. The summed E-state index contributed by atoms with van der Waals surface area (Å²) < 4.78 is 0. The maximum Gasteiger partial charge on any atom is -0.00577 e. The normalized spacial score (nSPS) is 14.1. The molecule has 0 amide bonds. The molecule has 0 nitrogen and oxygen atoms in total. The molecule has 0 saturated carbocycles. The van der Waals surface area contributed by atoms with E-state index in [2.05, 4.69) is 50.3 Å². The van der Waals surface area contributed by atoms with Crippen LogP contribution in [0.5, 0.6) is 0 Å². The van der Waals surface area contributed by atoms with Crippen LogP contribution in [-0.4, -0.2) is 0 Å². The number of benzene rings is 1. The van der Waals surface area contributed by atoms with Gasteiger partial charge >= 0.3 is 0 Å². The van der Waals surface area contributed by atoms with Crippen molar-refractivity contribution in [3.05, 3.63) is 46.5 Å². The molecule has 1 aromatic carbocycles. The van der Waals surface area contributed by atoms with Crippen molar-refractivity contribution < 1.29 is 0 Å². The van der Waals surface area contributed by atoms with Gasteiger partial charge < -0.3 is 0 Å². The zero-order valence-electron chi connectivity index (χ0n) is 11.0. The second-order valence-electron chi connectivity index (χ2n) is 4.80. The minimum Gasteiger partial charge on any atom is -0.0839 e. The van der Waals surface area contributed by atoms with Crippen LogP contribution in [0.2, 0.25) is 0 Å². The highest BCUT2D eigenvalue weighted by Gasteiger charge is 2.12. The third kappa shape index (κ3) is 2.88. The van der Waals surface area contributed by atoms with Crippen LogP contribution in [0.3, 0.4) is 0 Å². The van der Waals surface area contributed by atoms with Crippen LogP contribution >= 0.6 is 0 Å². The van der Waals surface area contributed by atoms with E-state index in [0.717, 1.165) is 6.42 Å². The van der Waals surface area contributed by atoms with Crippen LogP contribution < -0.4 is 0 Å². The topological polar surface area (TPSA) is 0 Å². The molecule has 0 spiro atoms. The van der Waals surface area contributed by atoms with Crippen LogP contribution in [0.15, 0.2) is 29.8 Å². The molecular formula is C17H22. The van der Waals surface area contributed by atoms with E-state index in [1.807, 2.05) is 0 Å². The van der Waals surface area contributed by atoms with Gasteiger partial charge in [0, 0.05) is 0 Å². The Morgan fingerprint density at radius 1 is 1.24 bits per heavy atom. The second kappa shape index (κ2) is 5.86. The van der Waals surface area contributed by atoms with Crippen molar-refractivity contribution in [2.24, 2.45) is 0 Å². The van der Waals surface area contributed by atoms with Crippen molar-refractivity contribution in [3.63, 3.8) is 0 Å². The summed E-state index contributed by atoms with van der Waals surface area (Å²) in [5.41, 5.74) is 5.91. The van der Waals surface area contributed by atoms with Crippen molar-refractivity contribution in [2.75, 3.05) is 0 Å². The lowest BCUT2D eigenvalue weighted by atomic mass is 10.0. The van der Waals surface area contributed by atoms with Crippen LogP contribution in [-0.2, 0) is 6.42 Å². The van der Waals surface area contributed by atoms with E-state index >= 15 is 0 Å². The SMILES string of the molecule is CCCCC=Cc1cccc2c1C=C(CC)C2. The number of allylic oxidation sites excluding steroid dienone is 2. The molecule has 0 heteroatoms.